The van der Waals surface area contributed by atoms with E-state index in [4.69, 9.17) is 11.6 Å². The van der Waals surface area contributed by atoms with Crippen molar-refractivity contribution in [3.05, 3.63) is 29.3 Å². The van der Waals surface area contributed by atoms with Gasteiger partial charge in [0, 0.05) is 23.8 Å². The topological polar surface area (TPSA) is 69.6 Å². The molecule has 1 heterocycles. The van der Waals surface area contributed by atoms with Gasteiger partial charge in [-0.25, -0.2) is 4.79 Å². The zero-order chi connectivity index (χ0) is 14.8. The van der Waals surface area contributed by atoms with Gasteiger partial charge in [0.25, 0.3) is 0 Å². The average molecular weight is 297 g/mol. The SMILES string of the molecule is CCC1(C(=O)O)CCN(C(=O)Nc2cccc(Cl)c2)C1. The van der Waals surface area contributed by atoms with Gasteiger partial charge in [-0.15, -0.1) is 0 Å². The molecular formula is C14H17ClN2O3. The average Bonchev–Trinajstić information content (AvgIpc) is 2.84. The number of nitrogens with zero attached hydrogens (tertiary/aromatic N) is 1. The first-order valence-corrected chi connectivity index (χ1v) is 6.89. The van der Waals surface area contributed by atoms with E-state index in [2.05, 4.69) is 5.32 Å². The lowest BCUT2D eigenvalue weighted by molar-refractivity contribution is -0.148. The van der Waals surface area contributed by atoms with Crippen LogP contribution in [-0.4, -0.2) is 35.1 Å². The van der Waals surface area contributed by atoms with E-state index < -0.39 is 11.4 Å². The number of hydrogen-bond donors (Lipinski definition) is 2. The van der Waals surface area contributed by atoms with Gasteiger partial charge < -0.3 is 15.3 Å². The Kier molecular flexibility index (Phi) is 4.18. The summed E-state index contributed by atoms with van der Waals surface area (Å²) in [6, 6.07) is 6.57. The van der Waals surface area contributed by atoms with Gasteiger partial charge in [0.2, 0.25) is 0 Å². The van der Waals surface area contributed by atoms with E-state index >= 15 is 0 Å². The van der Waals surface area contributed by atoms with Crippen LogP contribution in [-0.2, 0) is 4.79 Å². The molecule has 1 aliphatic heterocycles. The van der Waals surface area contributed by atoms with Crippen LogP contribution in [0.5, 0.6) is 0 Å². The molecule has 5 nitrogen and oxygen atoms in total. The molecular weight excluding hydrogens is 280 g/mol. The van der Waals surface area contributed by atoms with Crippen molar-refractivity contribution in [1.82, 2.24) is 4.90 Å². The number of anilines is 1. The number of carboxylic acid groups (broad SMARTS) is 1. The van der Waals surface area contributed by atoms with Gasteiger partial charge in [0.15, 0.2) is 0 Å². The number of urea groups is 1. The smallest absolute Gasteiger partial charge is 0.321 e. The third-order valence-corrected chi connectivity index (χ3v) is 4.08. The Morgan fingerprint density at radius 1 is 1.50 bits per heavy atom. The summed E-state index contributed by atoms with van der Waals surface area (Å²) in [5.74, 6) is -0.835. The maximum Gasteiger partial charge on any atom is 0.321 e. The highest BCUT2D eigenvalue weighted by Crippen LogP contribution is 2.34. The van der Waals surface area contributed by atoms with Gasteiger partial charge in [-0.3, -0.25) is 4.79 Å². The van der Waals surface area contributed by atoms with Crippen LogP contribution in [0.25, 0.3) is 0 Å². The van der Waals surface area contributed by atoms with E-state index in [0.29, 0.717) is 30.1 Å². The van der Waals surface area contributed by atoms with Crippen molar-refractivity contribution in [2.45, 2.75) is 19.8 Å². The summed E-state index contributed by atoms with van der Waals surface area (Å²) in [5.41, 5.74) is -0.210. The first kappa shape index (κ1) is 14.7. The Morgan fingerprint density at radius 2 is 2.25 bits per heavy atom. The second kappa shape index (κ2) is 5.71. The summed E-state index contributed by atoms with van der Waals surface area (Å²) in [5, 5.41) is 12.6. The first-order valence-electron chi connectivity index (χ1n) is 6.52. The zero-order valence-electron chi connectivity index (χ0n) is 11.2. The van der Waals surface area contributed by atoms with Crippen molar-refractivity contribution < 1.29 is 14.7 Å². The summed E-state index contributed by atoms with van der Waals surface area (Å²) in [6.45, 7) is 2.53. The highest BCUT2D eigenvalue weighted by Gasteiger charge is 2.44. The molecule has 0 spiro atoms. The van der Waals surface area contributed by atoms with Gasteiger partial charge in [-0.05, 0) is 31.0 Å². The van der Waals surface area contributed by atoms with Crippen LogP contribution in [0.1, 0.15) is 19.8 Å². The highest BCUT2D eigenvalue weighted by atomic mass is 35.5. The van der Waals surface area contributed by atoms with E-state index in [1.54, 1.807) is 29.2 Å². The minimum atomic E-state index is -0.835. The van der Waals surface area contributed by atoms with Crippen molar-refractivity contribution >= 4 is 29.3 Å². The number of amides is 2. The minimum absolute atomic E-state index is 0.241. The predicted molar refractivity (Wildman–Crippen MR) is 77.0 cm³/mol. The van der Waals surface area contributed by atoms with Crippen molar-refractivity contribution in [2.24, 2.45) is 5.41 Å². The number of hydrogen-bond acceptors (Lipinski definition) is 2. The number of carbonyl (C=O) groups is 2. The lowest BCUT2D eigenvalue weighted by Gasteiger charge is -2.23. The largest absolute Gasteiger partial charge is 0.481 e. The summed E-state index contributed by atoms with van der Waals surface area (Å²) < 4.78 is 0. The lowest BCUT2D eigenvalue weighted by atomic mass is 9.84. The number of carbonyl (C=O) groups excluding carboxylic acids is 1. The van der Waals surface area contributed by atoms with Gasteiger partial charge in [0.1, 0.15) is 0 Å². The molecule has 1 aliphatic rings. The van der Waals surface area contributed by atoms with Crippen LogP contribution in [0.3, 0.4) is 0 Å². The third-order valence-electron chi connectivity index (χ3n) is 3.85. The van der Waals surface area contributed by atoms with Crippen LogP contribution in [0.2, 0.25) is 5.02 Å². The van der Waals surface area contributed by atoms with E-state index in [1.165, 1.54) is 0 Å². The molecule has 1 saturated heterocycles. The van der Waals surface area contributed by atoms with E-state index in [1.807, 2.05) is 6.92 Å². The molecule has 1 aromatic rings. The molecule has 1 aromatic carbocycles. The van der Waals surface area contributed by atoms with Crippen LogP contribution in [0.4, 0.5) is 10.5 Å². The van der Waals surface area contributed by atoms with Crippen LogP contribution >= 0.6 is 11.6 Å². The minimum Gasteiger partial charge on any atom is -0.481 e. The third kappa shape index (κ3) is 2.88. The zero-order valence-corrected chi connectivity index (χ0v) is 12.0. The molecule has 2 rings (SSSR count). The number of aliphatic carboxylic acids is 1. The number of rotatable bonds is 3. The number of nitrogens with one attached hydrogen (secondary N) is 1. The summed E-state index contributed by atoms with van der Waals surface area (Å²) in [4.78, 5) is 25.0. The van der Waals surface area contributed by atoms with E-state index in [0.717, 1.165) is 0 Å². The standard InChI is InChI=1S/C14H17ClN2O3/c1-2-14(12(18)19)6-7-17(9-14)13(20)16-11-5-3-4-10(15)8-11/h3-5,8H,2,6-7,9H2,1H3,(H,16,20)(H,18,19). The summed E-state index contributed by atoms with van der Waals surface area (Å²) in [7, 11) is 0. The van der Waals surface area contributed by atoms with Gasteiger partial charge in [0.05, 0.1) is 5.41 Å². The number of carboxylic acids is 1. The Labute approximate surface area is 122 Å². The second-order valence-electron chi connectivity index (χ2n) is 5.05. The molecule has 1 atom stereocenters. The molecule has 0 radical (unpaired) electrons. The Balaban J connectivity index is 2.03. The van der Waals surface area contributed by atoms with Crippen LogP contribution < -0.4 is 5.32 Å². The lowest BCUT2D eigenvalue weighted by Crippen LogP contribution is -2.38. The number of benzene rings is 1. The highest BCUT2D eigenvalue weighted by molar-refractivity contribution is 6.30. The van der Waals surface area contributed by atoms with Crippen LogP contribution in [0.15, 0.2) is 24.3 Å². The second-order valence-corrected chi connectivity index (χ2v) is 5.49. The van der Waals surface area contributed by atoms with Gasteiger partial charge in [-0.2, -0.15) is 0 Å². The molecule has 1 unspecified atom stereocenters. The molecule has 108 valence electrons. The predicted octanol–water partition coefficient (Wildman–Crippen LogP) is 3.06. The quantitative estimate of drug-likeness (QED) is 0.900. The molecule has 6 heteroatoms. The van der Waals surface area contributed by atoms with Gasteiger partial charge >= 0.3 is 12.0 Å². The Bertz CT molecular complexity index is 535. The van der Waals surface area contributed by atoms with Crippen LogP contribution in [0, 0.1) is 5.41 Å². The molecule has 0 bridgehead atoms. The maximum absolute atomic E-state index is 12.1. The number of likely N-dealkylation sites (tertiary alicyclic amines) is 1. The monoisotopic (exact) mass is 296 g/mol. The first-order chi connectivity index (χ1) is 9.47. The molecule has 2 amide bonds. The van der Waals surface area contributed by atoms with E-state index in [-0.39, 0.29) is 12.6 Å². The molecule has 0 aromatic heterocycles. The van der Waals surface area contributed by atoms with Gasteiger partial charge in [-0.1, -0.05) is 24.6 Å². The molecule has 2 N–H and O–H groups in total. The summed E-state index contributed by atoms with van der Waals surface area (Å²) >= 11 is 5.85. The van der Waals surface area contributed by atoms with E-state index in [9.17, 15) is 14.7 Å². The van der Waals surface area contributed by atoms with Crippen molar-refractivity contribution in [3.63, 3.8) is 0 Å². The molecule has 1 fully saturated rings. The fraction of sp³-hybridized carbons (Fsp3) is 0.429. The van der Waals surface area contributed by atoms with Crippen molar-refractivity contribution in [2.75, 3.05) is 18.4 Å². The fourth-order valence-corrected chi connectivity index (χ4v) is 2.62. The Hall–Kier alpha value is -1.75. The Morgan fingerprint density at radius 3 is 2.80 bits per heavy atom. The number of halogens is 1. The fourth-order valence-electron chi connectivity index (χ4n) is 2.43. The maximum atomic E-state index is 12.1. The normalized spacial score (nSPS) is 21.8. The molecule has 0 aliphatic carbocycles. The molecule has 0 saturated carbocycles. The van der Waals surface area contributed by atoms with Crippen molar-refractivity contribution in [3.8, 4) is 0 Å². The molecule has 20 heavy (non-hydrogen) atoms. The summed E-state index contributed by atoms with van der Waals surface area (Å²) in [6.07, 6.45) is 1.01. The van der Waals surface area contributed by atoms with Crippen molar-refractivity contribution in [1.29, 1.82) is 0 Å².